The van der Waals surface area contributed by atoms with E-state index in [1.165, 1.54) is 5.56 Å². The molecule has 2 atom stereocenters. The van der Waals surface area contributed by atoms with Gasteiger partial charge in [0.1, 0.15) is 0 Å². The van der Waals surface area contributed by atoms with E-state index in [9.17, 15) is 4.79 Å². The highest BCUT2D eigenvalue weighted by Gasteiger charge is 2.30. The molecule has 144 valence electrons. The van der Waals surface area contributed by atoms with E-state index in [1.54, 1.807) is 0 Å². The minimum atomic E-state index is -0.0561. The van der Waals surface area contributed by atoms with Gasteiger partial charge in [0.25, 0.3) is 5.91 Å². The maximum Gasteiger partial charge on any atom is 0.251 e. The monoisotopic (exact) mass is 375 g/mol. The van der Waals surface area contributed by atoms with Crippen LogP contribution in [-0.4, -0.2) is 36.7 Å². The number of hydrogen-bond donors (Lipinski definition) is 2. The molecule has 28 heavy (non-hydrogen) atoms. The Morgan fingerprint density at radius 2 is 1.93 bits per heavy atom. The number of carbonyl (C=O) groups excluding carboxylic acids is 1. The summed E-state index contributed by atoms with van der Waals surface area (Å²) in [6.45, 7) is 1.80. The van der Waals surface area contributed by atoms with Crippen molar-refractivity contribution in [2.24, 2.45) is 11.7 Å². The van der Waals surface area contributed by atoms with Crippen LogP contribution in [0.15, 0.2) is 60.8 Å². The van der Waals surface area contributed by atoms with Crippen molar-refractivity contribution in [1.29, 1.82) is 0 Å². The number of nitrogens with two attached hydrogens (primary N) is 1. The molecule has 1 amide bonds. The second-order valence-corrected chi connectivity index (χ2v) is 7.30. The molecule has 3 aromatic rings. The first-order valence-electron chi connectivity index (χ1n) is 9.75. The Hall–Kier alpha value is -2.76. The highest BCUT2D eigenvalue weighted by atomic mass is 16.5. The van der Waals surface area contributed by atoms with Crippen LogP contribution in [0, 0.1) is 5.92 Å². The smallest absolute Gasteiger partial charge is 0.251 e. The minimum Gasteiger partial charge on any atom is -0.379 e. The summed E-state index contributed by atoms with van der Waals surface area (Å²) in [6, 6.07) is 17.9. The van der Waals surface area contributed by atoms with Crippen LogP contribution in [0.2, 0.25) is 0 Å². The molecule has 0 radical (unpaired) electrons. The Balaban J connectivity index is 1.45. The molecule has 5 heteroatoms. The van der Waals surface area contributed by atoms with Crippen LogP contribution in [0.4, 0.5) is 0 Å². The third-order valence-corrected chi connectivity index (χ3v) is 5.39. The van der Waals surface area contributed by atoms with Gasteiger partial charge in [0.05, 0.1) is 24.8 Å². The van der Waals surface area contributed by atoms with Crippen molar-refractivity contribution in [2.45, 2.75) is 18.9 Å². The number of hydrogen-bond acceptors (Lipinski definition) is 4. The number of benzene rings is 2. The molecule has 1 aliphatic rings. The number of pyridine rings is 1. The van der Waals surface area contributed by atoms with Gasteiger partial charge < -0.3 is 15.8 Å². The molecule has 0 saturated carbocycles. The lowest BCUT2D eigenvalue weighted by Gasteiger charge is -2.20. The van der Waals surface area contributed by atoms with Crippen LogP contribution >= 0.6 is 0 Å². The van der Waals surface area contributed by atoms with Crippen molar-refractivity contribution >= 4 is 16.8 Å². The van der Waals surface area contributed by atoms with Gasteiger partial charge >= 0.3 is 0 Å². The number of nitrogens with one attached hydrogen (secondary N) is 1. The Morgan fingerprint density at radius 1 is 1.11 bits per heavy atom. The first kappa shape index (κ1) is 18.6. The number of rotatable bonds is 6. The summed E-state index contributed by atoms with van der Waals surface area (Å²) in [5, 5.41) is 4.33. The molecule has 1 aliphatic heterocycles. The van der Waals surface area contributed by atoms with Crippen LogP contribution in [0.25, 0.3) is 10.9 Å². The third kappa shape index (κ3) is 4.06. The molecule has 0 unspecified atom stereocenters. The summed E-state index contributed by atoms with van der Waals surface area (Å²) in [6.07, 6.45) is 3.52. The highest BCUT2D eigenvalue weighted by molar-refractivity contribution is 5.94. The zero-order valence-electron chi connectivity index (χ0n) is 15.8. The summed E-state index contributed by atoms with van der Waals surface area (Å²) in [5.74, 6) is 0.186. The van der Waals surface area contributed by atoms with Crippen molar-refractivity contribution in [1.82, 2.24) is 10.3 Å². The fourth-order valence-electron chi connectivity index (χ4n) is 3.82. The number of para-hydroxylation sites is 1. The summed E-state index contributed by atoms with van der Waals surface area (Å²) in [7, 11) is 0. The molecular formula is C23H25N3O2. The molecule has 4 rings (SSSR count). The summed E-state index contributed by atoms with van der Waals surface area (Å²) in [5.41, 5.74) is 9.63. The van der Waals surface area contributed by atoms with Gasteiger partial charge in [-0.1, -0.05) is 30.3 Å². The van der Waals surface area contributed by atoms with Crippen molar-refractivity contribution in [2.75, 3.05) is 19.8 Å². The molecule has 0 spiro atoms. The summed E-state index contributed by atoms with van der Waals surface area (Å²) in [4.78, 5) is 17.1. The van der Waals surface area contributed by atoms with Gasteiger partial charge in [-0.15, -0.1) is 0 Å². The molecule has 3 N–H and O–H groups in total. The predicted molar refractivity (Wildman–Crippen MR) is 110 cm³/mol. The molecule has 1 saturated heterocycles. The van der Waals surface area contributed by atoms with E-state index in [1.807, 2.05) is 48.7 Å². The topological polar surface area (TPSA) is 77.2 Å². The summed E-state index contributed by atoms with van der Waals surface area (Å²) >= 11 is 0. The normalized spacial score (nSPS) is 19.0. The molecule has 5 nitrogen and oxygen atoms in total. The van der Waals surface area contributed by atoms with Crippen LogP contribution in [0.5, 0.6) is 0 Å². The van der Waals surface area contributed by atoms with Crippen molar-refractivity contribution in [3.8, 4) is 0 Å². The van der Waals surface area contributed by atoms with Crippen LogP contribution in [0.3, 0.4) is 0 Å². The quantitative estimate of drug-likeness (QED) is 0.694. The lowest BCUT2D eigenvalue weighted by molar-refractivity contribution is 0.0925. The van der Waals surface area contributed by atoms with E-state index in [2.05, 4.69) is 22.4 Å². The molecular weight excluding hydrogens is 350 g/mol. The molecule has 0 aliphatic carbocycles. The Kier molecular flexibility index (Phi) is 5.65. The standard InChI is InChI=1S/C23H25N3O2/c24-11-9-16-5-7-17(8-6-16)23(27)26-22-15-28-14-19(22)13-18-10-12-25-21-4-2-1-3-20(18)21/h1-8,10,12,19,22H,9,11,13-15,24H2,(H,26,27)/t19-,22+/m1/s1. The van der Waals surface area contributed by atoms with Gasteiger partial charge in [0.15, 0.2) is 0 Å². The summed E-state index contributed by atoms with van der Waals surface area (Å²) < 4.78 is 5.70. The number of nitrogens with zero attached hydrogens (tertiary/aromatic N) is 1. The van der Waals surface area contributed by atoms with Gasteiger partial charge in [-0.2, -0.15) is 0 Å². The lowest BCUT2D eigenvalue weighted by atomic mass is 9.93. The van der Waals surface area contributed by atoms with E-state index < -0.39 is 0 Å². The van der Waals surface area contributed by atoms with Gasteiger partial charge in [0, 0.05) is 23.1 Å². The minimum absolute atomic E-state index is 0.00291. The van der Waals surface area contributed by atoms with E-state index in [0.717, 1.165) is 29.3 Å². The largest absolute Gasteiger partial charge is 0.379 e. The second-order valence-electron chi connectivity index (χ2n) is 7.30. The molecule has 0 bridgehead atoms. The molecule has 1 fully saturated rings. The first-order chi connectivity index (χ1) is 13.7. The number of fused-ring (bicyclic) bond motifs is 1. The Labute approximate surface area is 164 Å². The predicted octanol–water partition coefficient (Wildman–Crippen LogP) is 2.72. The SMILES string of the molecule is NCCc1ccc(C(=O)N[C@H]2COC[C@H]2Cc2ccnc3ccccc23)cc1. The van der Waals surface area contributed by atoms with Crippen LogP contribution in [-0.2, 0) is 17.6 Å². The van der Waals surface area contributed by atoms with E-state index >= 15 is 0 Å². The maximum atomic E-state index is 12.7. The molecule has 2 heterocycles. The molecule has 1 aromatic heterocycles. The van der Waals surface area contributed by atoms with E-state index in [0.29, 0.717) is 25.3 Å². The van der Waals surface area contributed by atoms with Crippen LogP contribution < -0.4 is 11.1 Å². The first-order valence-corrected chi connectivity index (χ1v) is 9.75. The zero-order valence-corrected chi connectivity index (χ0v) is 15.8. The van der Waals surface area contributed by atoms with Crippen LogP contribution in [0.1, 0.15) is 21.5 Å². The second kappa shape index (κ2) is 8.50. The van der Waals surface area contributed by atoms with Crippen molar-refractivity contribution < 1.29 is 9.53 Å². The van der Waals surface area contributed by atoms with Gasteiger partial charge in [-0.3, -0.25) is 9.78 Å². The average molecular weight is 375 g/mol. The van der Waals surface area contributed by atoms with Crippen molar-refractivity contribution in [3.63, 3.8) is 0 Å². The maximum absolute atomic E-state index is 12.7. The van der Waals surface area contributed by atoms with Gasteiger partial charge in [0.2, 0.25) is 0 Å². The third-order valence-electron chi connectivity index (χ3n) is 5.39. The van der Waals surface area contributed by atoms with Gasteiger partial charge in [-0.25, -0.2) is 0 Å². The van der Waals surface area contributed by atoms with E-state index in [4.69, 9.17) is 10.5 Å². The number of carbonyl (C=O) groups is 1. The number of amides is 1. The fourth-order valence-corrected chi connectivity index (χ4v) is 3.82. The molecule has 2 aromatic carbocycles. The number of ether oxygens (including phenoxy) is 1. The average Bonchev–Trinajstić information content (AvgIpc) is 3.15. The van der Waals surface area contributed by atoms with Gasteiger partial charge in [-0.05, 0) is 54.8 Å². The fraction of sp³-hybridized carbons (Fsp3) is 0.304. The number of aromatic nitrogens is 1. The van der Waals surface area contributed by atoms with E-state index in [-0.39, 0.29) is 17.9 Å². The van der Waals surface area contributed by atoms with Crippen molar-refractivity contribution in [3.05, 3.63) is 77.5 Å². The zero-order chi connectivity index (χ0) is 19.3. The highest BCUT2D eigenvalue weighted by Crippen LogP contribution is 2.24. The lowest BCUT2D eigenvalue weighted by Crippen LogP contribution is -2.40. The Bertz CT molecular complexity index is 950. The Morgan fingerprint density at radius 3 is 2.75 bits per heavy atom.